The molecule has 0 saturated heterocycles. The molecule has 0 aliphatic carbocycles. The molecule has 0 amide bonds. The molecule has 0 bridgehead atoms. The van der Waals surface area contributed by atoms with Gasteiger partial charge >= 0.3 is 0 Å². The largest absolute Gasteiger partial charge is 0.508 e. The standard InChI is InChI=1S/C28H27NO4/c1-17-9-14-26(32)20(4)28(17)33-27-8-6-5-7-25(27)29(23-12-10-21(30)15-18(23)2)24-13-11-22(31)16-19(24)3/h5-16,30-32H,1-4H3. The summed E-state index contributed by atoms with van der Waals surface area (Å²) in [5.41, 5.74) is 5.83. The number of phenols is 3. The Morgan fingerprint density at radius 2 is 1.18 bits per heavy atom. The maximum absolute atomic E-state index is 10.2. The van der Waals surface area contributed by atoms with Gasteiger partial charge < -0.3 is 25.0 Å². The van der Waals surface area contributed by atoms with E-state index >= 15 is 0 Å². The first kappa shape index (κ1) is 22.1. The summed E-state index contributed by atoms with van der Waals surface area (Å²) in [5, 5.41) is 30.2. The second-order valence-corrected chi connectivity index (χ2v) is 8.20. The predicted molar refractivity (Wildman–Crippen MR) is 132 cm³/mol. The van der Waals surface area contributed by atoms with E-state index in [-0.39, 0.29) is 17.2 Å². The lowest BCUT2D eigenvalue weighted by Gasteiger charge is -2.30. The molecule has 0 heterocycles. The smallest absolute Gasteiger partial charge is 0.151 e. The molecule has 0 saturated carbocycles. The lowest BCUT2D eigenvalue weighted by atomic mass is 10.1. The van der Waals surface area contributed by atoms with Crippen molar-refractivity contribution in [3.63, 3.8) is 0 Å². The Balaban J connectivity index is 1.93. The molecule has 0 radical (unpaired) electrons. The SMILES string of the molecule is Cc1cc(O)ccc1N(c1ccc(O)cc1C)c1ccccc1Oc1c(C)ccc(O)c1C. The average molecular weight is 442 g/mol. The van der Waals surface area contributed by atoms with Gasteiger partial charge in [0.05, 0.1) is 5.69 Å². The molecule has 4 aromatic rings. The molecule has 0 aliphatic rings. The van der Waals surface area contributed by atoms with Crippen LogP contribution in [0, 0.1) is 27.7 Å². The van der Waals surface area contributed by atoms with Gasteiger partial charge in [-0.05, 0) is 99.0 Å². The number of hydrogen-bond acceptors (Lipinski definition) is 5. The van der Waals surface area contributed by atoms with Crippen LogP contribution in [0.5, 0.6) is 28.7 Å². The molecule has 0 atom stereocenters. The highest BCUT2D eigenvalue weighted by molar-refractivity contribution is 5.83. The van der Waals surface area contributed by atoms with Crippen molar-refractivity contribution < 1.29 is 20.1 Å². The molecule has 4 rings (SSSR count). The minimum absolute atomic E-state index is 0.175. The van der Waals surface area contributed by atoms with Gasteiger partial charge in [-0.25, -0.2) is 0 Å². The van der Waals surface area contributed by atoms with Crippen LogP contribution in [-0.4, -0.2) is 15.3 Å². The van der Waals surface area contributed by atoms with Crippen LogP contribution >= 0.6 is 0 Å². The van der Waals surface area contributed by atoms with Crippen molar-refractivity contribution in [1.29, 1.82) is 0 Å². The van der Waals surface area contributed by atoms with E-state index < -0.39 is 0 Å². The summed E-state index contributed by atoms with van der Waals surface area (Å²) in [7, 11) is 0. The molecule has 168 valence electrons. The van der Waals surface area contributed by atoms with Gasteiger partial charge in [-0.15, -0.1) is 0 Å². The Bertz CT molecular complexity index is 1280. The zero-order valence-corrected chi connectivity index (χ0v) is 19.1. The molecular weight excluding hydrogens is 414 g/mol. The van der Waals surface area contributed by atoms with E-state index in [4.69, 9.17) is 4.74 Å². The van der Waals surface area contributed by atoms with Gasteiger partial charge in [0, 0.05) is 16.9 Å². The fraction of sp³-hybridized carbons (Fsp3) is 0.143. The number of aryl methyl sites for hydroxylation is 3. The number of anilines is 3. The fourth-order valence-corrected chi connectivity index (χ4v) is 3.98. The maximum Gasteiger partial charge on any atom is 0.151 e. The van der Waals surface area contributed by atoms with Gasteiger partial charge in [-0.1, -0.05) is 18.2 Å². The number of benzene rings is 4. The van der Waals surface area contributed by atoms with Crippen LogP contribution in [0.4, 0.5) is 17.1 Å². The van der Waals surface area contributed by atoms with E-state index in [1.165, 1.54) is 0 Å². The predicted octanol–water partition coefficient (Wildman–Crippen LogP) is 7.30. The molecule has 4 aromatic carbocycles. The van der Waals surface area contributed by atoms with Crippen LogP contribution in [0.1, 0.15) is 22.3 Å². The molecule has 0 aromatic heterocycles. The van der Waals surface area contributed by atoms with Crippen molar-refractivity contribution in [2.45, 2.75) is 27.7 Å². The molecular formula is C28H27NO4. The topological polar surface area (TPSA) is 73.2 Å². The number of para-hydroxylation sites is 2. The first-order chi connectivity index (χ1) is 15.8. The number of aromatic hydroxyl groups is 3. The summed E-state index contributed by atoms with van der Waals surface area (Å²) in [6, 6.07) is 21.6. The third kappa shape index (κ3) is 4.30. The Morgan fingerprint density at radius 1 is 0.606 bits per heavy atom. The number of nitrogens with zero attached hydrogens (tertiary/aromatic N) is 1. The molecule has 0 aliphatic heterocycles. The van der Waals surface area contributed by atoms with Crippen molar-refractivity contribution in [3.05, 3.63) is 95.1 Å². The molecule has 0 fully saturated rings. The summed E-state index contributed by atoms with van der Waals surface area (Å²) < 4.78 is 6.40. The summed E-state index contributed by atoms with van der Waals surface area (Å²) in [5.74, 6) is 1.76. The van der Waals surface area contributed by atoms with Crippen LogP contribution in [0.25, 0.3) is 0 Å². The first-order valence-corrected chi connectivity index (χ1v) is 10.7. The summed E-state index contributed by atoms with van der Waals surface area (Å²) in [6.07, 6.45) is 0. The lowest BCUT2D eigenvalue weighted by Crippen LogP contribution is -2.13. The van der Waals surface area contributed by atoms with Crippen LogP contribution in [0.15, 0.2) is 72.8 Å². The molecule has 0 spiro atoms. The zero-order valence-electron chi connectivity index (χ0n) is 19.1. The van der Waals surface area contributed by atoms with Crippen LogP contribution in [0.3, 0.4) is 0 Å². The second-order valence-electron chi connectivity index (χ2n) is 8.20. The number of rotatable bonds is 5. The van der Waals surface area contributed by atoms with E-state index in [2.05, 4.69) is 0 Å². The summed E-state index contributed by atoms with van der Waals surface area (Å²) >= 11 is 0. The van der Waals surface area contributed by atoms with Gasteiger partial charge in [0.1, 0.15) is 23.0 Å². The number of ether oxygens (including phenoxy) is 1. The van der Waals surface area contributed by atoms with E-state index in [0.29, 0.717) is 17.1 Å². The number of phenolic OH excluding ortho intramolecular Hbond substituents is 3. The van der Waals surface area contributed by atoms with Crippen LogP contribution in [0.2, 0.25) is 0 Å². The normalized spacial score (nSPS) is 10.8. The molecule has 5 nitrogen and oxygen atoms in total. The summed E-state index contributed by atoms with van der Waals surface area (Å²) in [6.45, 7) is 7.64. The highest BCUT2D eigenvalue weighted by atomic mass is 16.5. The Kier molecular flexibility index (Phi) is 5.88. The molecule has 33 heavy (non-hydrogen) atoms. The summed E-state index contributed by atoms with van der Waals surface area (Å²) in [4.78, 5) is 2.05. The number of hydrogen-bond donors (Lipinski definition) is 3. The van der Waals surface area contributed by atoms with Crippen molar-refractivity contribution in [2.24, 2.45) is 0 Å². The van der Waals surface area contributed by atoms with Gasteiger partial charge in [0.25, 0.3) is 0 Å². The monoisotopic (exact) mass is 441 g/mol. The lowest BCUT2D eigenvalue weighted by molar-refractivity contribution is 0.446. The van der Waals surface area contributed by atoms with Gasteiger partial charge in [0.2, 0.25) is 0 Å². The average Bonchev–Trinajstić information content (AvgIpc) is 2.77. The van der Waals surface area contributed by atoms with Crippen LogP contribution < -0.4 is 9.64 Å². The van der Waals surface area contributed by atoms with Crippen molar-refractivity contribution in [3.8, 4) is 28.7 Å². The minimum atomic E-state index is 0.175. The van der Waals surface area contributed by atoms with E-state index in [0.717, 1.165) is 33.8 Å². The van der Waals surface area contributed by atoms with Crippen LogP contribution in [-0.2, 0) is 0 Å². The maximum atomic E-state index is 10.2. The second kappa shape index (κ2) is 8.79. The van der Waals surface area contributed by atoms with E-state index in [1.54, 1.807) is 30.3 Å². The van der Waals surface area contributed by atoms with Gasteiger partial charge in [-0.2, -0.15) is 0 Å². The Labute approximate surface area is 193 Å². The zero-order chi connectivity index (χ0) is 23.7. The quantitative estimate of drug-likeness (QED) is 0.303. The molecule has 3 N–H and O–H groups in total. The van der Waals surface area contributed by atoms with Gasteiger partial charge in [0.15, 0.2) is 5.75 Å². The van der Waals surface area contributed by atoms with Gasteiger partial charge in [-0.3, -0.25) is 0 Å². The highest BCUT2D eigenvalue weighted by Crippen LogP contribution is 2.45. The third-order valence-electron chi connectivity index (χ3n) is 5.73. The highest BCUT2D eigenvalue weighted by Gasteiger charge is 2.22. The molecule has 5 heteroatoms. The van der Waals surface area contributed by atoms with E-state index in [1.807, 2.05) is 75.1 Å². The van der Waals surface area contributed by atoms with Crippen molar-refractivity contribution >= 4 is 17.1 Å². The minimum Gasteiger partial charge on any atom is -0.508 e. The van der Waals surface area contributed by atoms with E-state index in [9.17, 15) is 15.3 Å². The van der Waals surface area contributed by atoms with Crippen molar-refractivity contribution in [2.75, 3.05) is 4.90 Å². The third-order valence-corrected chi connectivity index (χ3v) is 5.73. The first-order valence-electron chi connectivity index (χ1n) is 10.7. The fourth-order valence-electron chi connectivity index (χ4n) is 3.98. The molecule has 0 unspecified atom stereocenters. The Morgan fingerprint density at radius 3 is 1.76 bits per heavy atom. The Hall–Kier alpha value is -4.12. The van der Waals surface area contributed by atoms with Crippen molar-refractivity contribution in [1.82, 2.24) is 0 Å².